The molecule has 3 heteroatoms. The molecule has 1 atom stereocenters. The van der Waals surface area contributed by atoms with E-state index in [4.69, 9.17) is 5.11 Å². The topological polar surface area (TPSA) is 40.5 Å². The van der Waals surface area contributed by atoms with E-state index >= 15 is 0 Å². The maximum absolute atomic E-state index is 9.30. The summed E-state index contributed by atoms with van der Waals surface area (Å²) in [5.74, 6) is 0. The molecule has 0 aliphatic carbocycles. The summed E-state index contributed by atoms with van der Waals surface area (Å²) in [5, 5.41) is 18.0. The van der Waals surface area contributed by atoms with Crippen LogP contribution >= 0.6 is 13.5 Å². The lowest BCUT2D eigenvalue weighted by Crippen LogP contribution is -2.02. The minimum Gasteiger partial charge on any atom is -0.393 e. The lowest BCUT2D eigenvalue weighted by molar-refractivity contribution is 0.0955. The molecule has 2 nitrogen and oxygen atoms in total. The molecule has 0 fully saturated rings. The van der Waals surface area contributed by atoms with Crippen LogP contribution in [0.5, 0.6) is 0 Å². The summed E-state index contributed by atoms with van der Waals surface area (Å²) in [7, 11) is 0. The third-order valence-electron chi connectivity index (χ3n) is 1.92. The van der Waals surface area contributed by atoms with Crippen molar-refractivity contribution in [3.05, 3.63) is 35.4 Å². The van der Waals surface area contributed by atoms with Gasteiger partial charge in [0.2, 0.25) is 0 Å². The second-order valence-electron chi connectivity index (χ2n) is 2.80. The molecule has 13 heavy (non-hydrogen) atoms. The highest BCUT2D eigenvalue weighted by Crippen LogP contribution is 2.13. The summed E-state index contributed by atoms with van der Waals surface area (Å²) in [4.78, 5) is 0. The molecule has 0 amide bonds. The van der Waals surface area contributed by atoms with Crippen LogP contribution in [0.25, 0.3) is 0 Å². The molecule has 0 aliphatic heterocycles. The third-order valence-corrected chi connectivity index (χ3v) is 1.92. The Labute approximate surface area is 85.7 Å². The molecule has 0 unspecified atom stereocenters. The Morgan fingerprint density at radius 2 is 2.08 bits per heavy atom. The fourth-order valence-corrected chi connectivity index (χ4v) is 1.13. The number of rotatable bonds is 3. The van der Waals surface area contributed by atoms with Gasteiger partial charge >= 0.3 is 0 Å². The summed E-state index contributed by atoms with van der Waals surface area (Å²) in [6.07, 6.45) is 0.211. The molecular weight excluding hydrogens is 184 g/mol. The van der Waals surface area contributed by atoms with Gasteiger partial charge in [-0.3, -0.25) is 0 Å². The Bertz CT molecular complexity index is 250. The zero-order valence-corrected chi connectivity index (χ0v) is 8.70. The van der Waals surface area contributed by atoms with Crippen molar-refractivity contribution in [3.8, 4) is 0 Å². The van der Waals surface area contributed by atoms with E-state index in [0.29, 0.717) is 0 Å². The van der Waals surface area contributed by atoms with Gasteiger partial charge in [0.15, 0.2) is 0 Å². The van der Waals surface area contributed by atoms with E-state index in [1.54, 1.807) is 0 Å². The smallest absolute Gasteiger partial charge is 0.102 e. The molecule has 1 aromatic rings. The SMILES string of the molecule is CCc1cccc([C@H](O)CO)c1.S. The van der Waals surface area contributed by atoms with Crippen LogP contribution in [-0.2, 0) is 6.42 Å². The van der Waals surface area contributed by atoms with Gasteiger partial charge < -0.3 is 10.2 Å². The predicted molar refractivity (Wildman–Crippen MR) is 58.2 cm³/mol. The second-order valence-corrected chi connectivity index (χ2v) is 2.80. The van der Waals surface area contributed by atoms with E-state index < -0.39 is 6.10 Å². The fourth-order valence-electron chi connectivity index (χ4n) is 1.13. The van der Waals surface area contributed by atoms with Crippen molar-refractivity contribution in [1.82, 2.24) is 0 Å². The van der Waals surface area contributed by atoms with Crippen LogP contribution in [0.4, 0.5) is 0 Å². The number of hydrogen-bond acceptors (Lipinski definition) is 2. The van der Waals surface area contributed by atoms with Crippen LogP contribution in [0, 0.1) is 0 Å². The molecule has 0 bridgehead atoms. The first-order valence-electron chi connectivity index (χ1n) is 4.15. The highest BCUT2D eigenvalue weighted by molar-refractivity contribution is 7.59. The molecular formula is C10H16O2S. The largest absolute Gasteiger partial charge is 0.393 e. The van der Waals surface area contributed by atoms with Gasteiger partial charge in [-0.05, 0) is 17.5 Å². The molecule has 0 saturated carbocycles. The van der Waals surface area contributed by atoms with Crippen molar-refractivity contribution in [3.63, 3.8) is 0 Å². The molecule has 74 valence electrons. The van der Waals surface area contributed by atoms with Crippen LogP contribution in [-0.4, -0.2) is 16.8 Å². The summed E-state index contributed by atoms with van der Waals surface area (Å²) < 4.78 is 0. The number of aliphatic hydroxyl groups excluding tert-OH is 2. The molecule has 0 aromatic heterocycles. The van der Waals surface area contributed by atoms with Crippen LogP contribution in [0.1, 0.15) is 24.2 Å². The molecule has 2 N–H and O–H groups in total. The van der Waals surface area contributed by atoms with Crippen LogP contribution in [0.15, 0.2) is 24.3 Å². The summed E-state index contributed by atoms with van der Waals surface area (Å²) >= 11 is 0. The number of aryl methyl sites for hydroxylation is 1. The fraction of sp³-hybridized carbons (Fsp3) is 0.400. The van der Waals surface area contributed by atoms with Crippen molar-refractivity contribution < 1.29 is 10.2 Å². The second kappa shape index (κ2) is 6.02. The van der Waals surface area contributed by atoms with Crippen molar-refractivity contribution in [2.45, 2.75) is 19.4 Å². The van der Waals surface area contributed by atoms with Gasteiger partial charge in [0.05, 0.1) is 6.61 Å². The lowest BCUT2D eigenvalue weighted by atomic mass is 10.1. The predicted octanol–water partition coefficient (Wildman–Crippen LogP) is 1.39. The minimum absolute atomic E-state index is 0. The Morgan fingerprint density at radius 3 is 2.62 bits per heavy atom. The number of hydrogen-bond donors (Lipinski definition) is 2. The van der Waals surface area contributed by atoms with Crippen molar-refractivity contribution in [2.24, 2.45) is 0 Å². The van der Waals surface area contributed by atoms with Crippen molar-refractivity contribution in [1.29, 1.82) is 0 Å². The Balaban J connectivity index is 0.00000144. The number of aliphatic hydroxyl groups is 2. The maximum Gasteiger partial charge on any atom is 0.102 e. The molecule has 1 rings (SSSR count). The van der Waals surface area contributed by atoms with Gasteiger partial charge in [0, 0.05) is 0 Å². The van der Waals surface area contributed by atoms with Crippen molar-refractivity contribution >= 4 is 13.5 Å². The first-order chi connectivity index (χ1) is 5.77. The summed E-state index contributed by atoms with van der Waals surface area (Å²) in [5.41, 5.74) is 1.97. The molecule has 0 spiro atoms. The van der Waals surface area contributed by atoms with Gasteiger partial charge in [-0.1, -0.05) is 31.2 Å². The standard InChI is InChI=1S/C10H14O2.H2S/c1-2-8-4-3-5-9(6-8)10(12)7-11;/h3-6,10-12H,2,7H2,1H3;1H2/t10-;/m1./s1. The molecule has 0 radical (unpaired) electrons. The Hall–Kier alpha value is -0.510. The number of benzene rings is 1. The summed E-state index contributed by atoms with van der Waals surface area (Å²) in [6, 6.07) is 7.64. The Morgan fingerprint density at radius 1 is 1.38 bits per heavy atom. The van der Waals surface area contributed by atoms with E-state index in [9.17, 15) is 5.11 Å². The normalized spacial score (nSPS) is 11.9. The molecule has 0 aliphatic rings. The van der Waals surface area contributed by atoms with Gasteiger partial charge in [-0.25, -0.2) is 0 Å². The van der Waals surface area contributed by atoms with Crippen LogP contribution in [0.3, 0.4) is 0 Å². The average Bonchev–Trinajstić information content (AvgIpc) is 2.17. The highest BCUT2D eigenvalue weighted by atomic mass is 32.1. The van der Waals surface area contributed by atoms with Crippen LogP contribution < -0.4 is 0 Å². The summed E-state index contributed by atoms with van der Waals surface area (Å²) in [6.45, 7) is 1.84. The van der Waals surface area contributed by atoms with E-state index in [-0.39, 0.29) is 20.1 Å². The monoisotopic (exact) mass is 200 g/mol. The van der Waals surface area contributed by atoms with Crippen LogP contribution in [0.2, 0.25) is 0 Å². The van der Waals surface area contributed by atoms with Gasteiger partial charge in [-0.2, -0.15) is 13.5 Å². The molecule has 1 aromatic carbocycles. The molecule has 0 heterocycles. The zero-order chi connectivity index (χ0) is 8.97. The van der Waals surface area contributed by atoms with Crippen molar-refractivity contribution in [2.75, 3.05) is 6.61 Å². The zero-order valence-electron chi connectivity index (χ0n) is 7.70. The van der Waals surface area contributed by atoms with E-state index in [1.807, 2.05) is 24.3 Å². The minimum atomic E-state index is -0.739. The lowest BCUT2D eigenvalue weighted by Gasteiger charge is -2.08. The average molecular weight is 200 g/mol. The highest BCUT2D eigenvalue weighted by Gasteiger charge is 2.04. The van der Waals surface area contributed by atoms with Gasteiger partial charge in [0.1, 0.15) is 6.10 Å². The molecule has 0 saturated heterocycles. The third kappa shape index (κ3) is 3.38. The van der Waals surface area contributed by atoms with E-state index in [2.05, 4.69) is 6.92 Å². The van der Waals surface area contributed by atoms with Gasteiger partial charge in [0.25, 0.3) is 0 Å². The van der Waals surface area contributed by atoms with E-state index in [1.165, 1.54) is 5.56 Å². The first-order valence-corrected chi connectivity index (χ1v) is 4.15. The maximum atomic E-state index is 9.30. The Kier molecular flexibility index (Phi) is 5.79. The quantitative estimate of drug-likeness (QED) is 0.774. The van der Waals surface area contributed by atoms with Gasteiger partial charge in [-0.15, -0.1) is 0 Å². The first kappa shape index (κ1) is 12.5. The van der Waals surface area contributed by atoms with E-state index in [0.717, 1.165) is 12.0 Å².